The van der Waals surface area contributed by atoms with Crippen LogP contribution < -0.4 is 9.80 Å². The first kappa shape index (κ1) is 17.7. The zero-order valence-electron chi connectivity index (χ0n) is 15.9. The van der Waals surface area contributed by atoms with Gasteiger partial charge < -0.3 is 9.80 Å². The van der Waals surface area contributed by atoms with E-state index in [1.54, 1.807) is 17.7 Å². The van der Waals surface area contributed by atoms with E-state index in [-0.39, 0.29) is 0 Å². The first-order valence-corrected chi connectivity index (χ1v) is 10.4. The lowest BCUT2D eigenvalue weighted by Gasteiger charge is -2.39. The molecule has 0 N–H and O–H groups in total. The van der Waals surface area contributed by atoms with Gasteiger partial charge in [-0.15, -0.1) is 11.3 Å². The van der Waals surface area contributed by atoms with Crippen LogP contribution in [0.25, 0.3) is 0 Å². The molecule has 3 heterocycles. The molecule has 1 saturated heterocycles. The molecule has 2 aromatic rings. The van der Waals surface area contributed by atoms with Crippen LogP contribution in [0, 0.1) is 6.92 Å². The summed E-state index contributed by atoms with van der Waals surface area (Å²) in [6.07, 6.45) is 6.68. The molecule has 140 valence electrons. The van der Waals surface area contributed by atoms with Crippen molar-refractivity contribution < 1.29 is 0 Å². The highest BCUT2D eigenvalue weighted by atomic mass is 32.1. The normalized spacial score (nSPS) is 18.9. The third-order valence-electron chi connectivity index (χ3n) is 5.30. The second-order valence-electron chi connectivity index (χ2n) is 7.63. The van der Waals surface area contributed by atoms with E-state index in [1.807, 2.05) is 14.1 Å². The van der Waals surface area contributed by atoms with Gasteiger partial charge in [0.25, 0.3) is 0 Å². The lowest BCUT2D eigenvalue weighted by atomic mass is 10.0. The first-order chi connectivity index (χ1) is 12.6. The van der Waals surface area contributed by atoms with Crippen LogP contribution in [-0.2, 0) is 6.54 Å². The average Bonchev–Trinajstić information content (AvgIpc) is 3.39. The summed E-state index contributed by atoms with van der Waals surface area (Å²) in [4.78, 5) is 20.8. The van der Waals surface area contributed by atoms with Crippen molar-refractivity contribution in [2.45, 2.75) is 51.2 Å². The van der Waals surface area contributed by atoms with Crippen molar-refractivity contribution in [1.82, 2.24) is 19.9 Å². The number of nitrogens with zero attached hydrogens (tertiary/aromatic N) is 6. The zero-order valence-corrected chi connectivity index (χ0v) is 16.7. The molecular formula is C19H28N6S. The standard InChI is InChI=1S/C19H28N6S/c1-14-22-15(12-26-14)11-24-8-6-17(7-9-24)25(16-4-5-16)19-10-18(23(2)3)20-13-21-19/h10,12-13,16-17H,4-9,11H2,1-3H3. The highest BCUT2D eigenvalue weighted by molar-refractivity contribution is 7.09. The highest BCUT2D eigenvalue weighted by Gasteiger charge is 2.36. The molecule has 0 aromatic carbocycles. The molecule has 0 unspecified atom stereocenters. The Bertz CT molecular complexity index is 733. The largest absolute Gasteiger partial charge is 0.363 e. The van der Waals surface area contributed by atoms with Crippen molar-refractivity contribution in [3.8, 4) is 0 Å². The number of aryl methyl sites for hydroxylation is 1. The number of thiazole rings is 1. The maximum Gasteiger partial charge on any atom is 0.134 e. The minimum absolute atomic E-state index is 0.584. The molecule has 2 aromatic heterocycles. The van der Waals surface area contributed by atoms with E-state index in [4.69, 9.17) is 0 Å². The summed E-state index contributed by atoms with van der Waals surface area (Å²) in [6.45, 7) is 5.34. The molecule has 2 aliphatic rings. The first-order valence-electron chi connectivity index (χ1n) is 9.51. The zero-order chi connectivity index (χ0) is 18.1. The minimum atomic E-state index is 0.584. The average molecular weight is 373 g/mol. The molecule has 1 saturated carbocycles. The Morgan fingerprint density at radius 2 is 1.77 bits per heavy atom. The summed E-state index contributed by atoms with van der Waals surface area (Å²) < 4.78 is 0. The molecule has 0 spiro atoms. The van der Waals surface area contributed by atoms with Gasteiger partial charge in [-0.2, -0.15) is 0 Å². The predicted molar refractivity (Wildman–Crippen MR) is 107 cm³/mol. The van der Waals surface area contributed by atoms with E-state index in [1.165, 1.54) is 31.4 Å². The maximum atomic E-state index is 4.62. The fourth-order valence-electron chi connectivity index (χ4n) is 3.81. The number of hydrogen-bond acceptors (Lipinski definition) is 7. The van der Waals surface area contributed by atoms with Crippen LogP contribution in [0.2, 0.25) is 0 Å². The molecule has 0 radical (unpaired) electrons. The highest BCUT2D eigenvalue weighted by Crippen LogP contribution is 2.36. The van der Waals surface area contributed by atoms with Gasteiger partial charge in [-0.1, -0.05) is 0 Å². The fourth-order valence-corrected chi connectivity index (χ4v) is 4.42. The second-order valence-corrected chi connectivity index (χ2v) is 8.69. The van der Waals surface area contributed by atoms with Gasteiger partial charge in [0.05, 0.1) is 10.7 Å². The number of anilines is 2. The molecule has 0 bridgehead atoms. The summed E-state index contributed by atoms with van der Waals surface area (Å²) >= 11 is 1.75. The van der Waals surface area contributed by atoms with Crippen LogP contribution in [0.3, 0.4) is 0 Å². The summed E-state index contributed by atoms with van der Waals surface area (Å²) in [7, 11) is 4.07. The van der Waals surface area contributed by atoms with Gasteiger partial charge in [0, 0.05) is 57.3 Å². The van der Waals surface area contributed by atoms with Crippen LogP contribution in [-0.4, -0.2) is 59.1 Å². The maximum absolute atomic E-state index is 4.62. The van der Waals surface area contributed by atoms with Crippen LogP contribution in [0.5, 0.6) is 0 Å². The van der Waals surface area contributed by atoms with Gasteiger partial charge in [-0.25, -0.2) is 15.0 Å². The van der Waals surface area contributed by atoms with E-state index in [9.17, 15) is 0 Å². The predicted octanol–water partition coefficient (Wildman–Crippen LogP) is 2.94. The summed E-state index contributed by atoms with van der Waals surface area (Å²) in [5.74, 6) is 2.08. The number of hydrogen-bond donors (Lipinski definition) is 0. The molecule has 7 heteroatoms. The lowest BCUT2D eigenvalue weighted by molar-refractivity contribution is 0.198. The molecule has 26 heavy (non-hydrogen) atoms. The van der Waals surface area contributed by atoms with Crippen LogP contribution in [0.4, 0.5) is 11.6 Å². The lowest BCUT2D eigenvalue weighted by Crippen LogP contribution is -2.46. The van der Waals surface area contributed by atoms with E-state index >= 15 is 0 Å². The number of likely N-dealkylation sites (tertiary alicyclic amines) is 1. The number of piperidine rings is 1. The van der Waals surface area contributed by atoms with Crippen LogP contribution >= 0.6 is 11.3 Å². The SMILES string of the molecule is Cc1nc(CN2CCC(N(c3cc(N(C)C)ncn3)C3CC3)CC2)cs1. The Morgan fingerprint density at radius 1 is 1.08 bits per heavy atom. The molecule has 0 atom stereocenters. The Morgan fingerprint density at radius 3 is 2.38 bits per heavy atom. The minimum Gasteiger partial charge on any atom is -0.363 e. The number of aromatic nitrogens is 3. The van der Waals surface area contributed by atoms with Crippen molar-refractivity contribution in [1.29, 1.82) is 0 Å². The van der Waals surface area contributed by atoms with E-state index in [0.29, 0.717) is 12.1 Å². The van der Waals surface area contributed by atoms with Crippen molar-refractivity contribution >= 4 is 23.0 Å². The van der Waals surface area contributed by atoms with Gasteiger partial charge in [-0.05, 0) is 32.6 Å². The van der Waals surface area contributed by atoms with Gasteiger partial charge in [0.15, 0.2) is 0 Å². The summed E-state index contributed by atoms with van der Waals surface area (Å²) in [5.41, 5.74) is 1.22. The van der Waals surface area contributed by atoms with Crippen molar-refractivity contribution in [2.75, 3.05) is 37.0 Å². The molecule has 1 aliphatic carbocycles. The molecule has 4 rings (SSSR count). The Balaban J connectivity index is 1.42. The van der Waals surface area contributed by atoms with Crippen molar-refractivity contribution in [3.05, 3.63) is 28.5 Å². The molecule has 0 amide bonds. The van der Waals surface area contributed by atoms with Crippen LogP contribution in [0.15, 0.2) is 17.8 Å². The van der Waals surface area contributed by atoms with Crippen LogP contribution in [0.1, 0.15) is 36.4 Å². The van der Waals surface area contributed by atoms with E-state index < -0.39 is 0 Å². The van der Waals surface area contributed by atoms with Gasteiger partial charge >= 0.3 is 0 Å². The number of rotatable bonds is 6. The fraction of sp³-hybridized carbons (Fsp3) is 0.632. The van der Waals surface area contributed by atoms with Gasteiger partial charge in [0.2, 0.25) is 0 Å². The molecular weight excluding hydrogens is 344 g/mol. The Hall–Kier alpha value is -1.73. The Labute approximate surface area is 159 Å². The van der Waals surface area contributed by atoms with Gasteiger partial charge in [-0.3, -0.25) is 4.90 Å². The third-order valence-corrected chi connectivity index (χ3v) is 6.13. The topological polar surface area (TPSA) is 48.4 Å². The second kappa shape index (κ2) is 7.48. The Kier molecular flexibility index (Phi) is 5.09. The van der Waals surface area contributed by atoms with Gasteiger partial charge in [0.1, 0.15) is 18.0 Å². The molecule has 6 nitrogen and oxygen atoms in total. The smallest absolute Gasteiger partial charge is 0.134 e. The van der Waals surface area contributed by atoms with Crippen molar-refractivity contribution in [2.24, 2.45) is 0 Å². The van der Waals surface area contributed by atoms with Crippen molar-refractivity contribution in [3.63, 3.8) is 0 Å². The monoisotopic (exact) mass is 372 g/mol. The molecule has 1 aliphatic heterocycles. The van der Waals surface area contributed by atoms with E-state index in [2.05, 4.69) is 48.0 Å². The molecule has 2 fully saturated rings. The summed E-state index contributed by atoms with van der Waals surface area (Å²) in [6, 6.07) is 3.39. The quantitative estimate of drug-likeness (QED) is 0.777. The third kappa shape index (κ3) is 3.99. The summed E-state index contributed by atoms with van der Waals surface area (Å²) in [5, 5.41) is 3.36. The van der Waals surface area contributed by atoms with E-state index in [0.717, 1.165) is 36.3 Å².